The fraction of sp³-hybridized carbons (Fsp3) is 0.400. The SMILES string of the molecule is CN(C)C(=O)c1ccn(-c2nc3c(cc2CN)CCC3)n1. The van der Waals surface area contributed by atoms with Crippen molar-refractivity contribution in [2.24, 2.45) is 5.73 Å². The average Bonchev–Trinajstić information content (AvgIpc) is 3.13. The predicted octanol–water partition coefficient (Wildman–Crippen LogP) is 0.916. The average molecular weight is 285 g/mol. The number of carbonyl (C=O) groups excluding carboxylic acids is 1. The van der Waals surface area contributed by atoms with Gasteiger partial charge >= 0.3 is 0 Å². The molecule has 1 amide bonds. The van der Waals surface area contributed by atoms with Crippen LogP contribution in [0.2, 0.25) is 0 Å². The number of aromatic nitrogens is 3. The van der Waals surface area contributed by atoms with Crippen LogP contribution in [0.25, 0.3) is 5.82 Å². The van der Waals surface area contributed by atoms with Crippen molar-refractivity contribution in [1.82, 2.24) is 19.7 Å². The van der Waals surface area contributed by atoms with Crippen LogP contribution in [-0.4, -0.2) is 39.7 Å². The van der Waals surface area contributed by atoms with E-state index in [1.54, 1.807) is 31.0 Å². The van der Waals surface area contributed by atoms with E-state index in [1.807, 2.05) is 0 Å². The van der Waals surface area contributed by atoms with Crippen molar-refractivity contribution in [3.8, 4) is 5.82 Å². The molecule has 2 heterocycles. The number of hydrogen-bond donors (Lipinski definition) is 1. The summed E-state index contributed by atoms with van der Waals surface area (Å²) in [6.45, 7) is 0.409. The quantitative estimate of drug-likeness (QED) is 0.909. The van der Waals surface area contributed by atoms with Crippen LogP contribution >= 0.6 is 0 Å². The molecule has 0 aromatic carbocycles. The monoisotopic (exact) mass is 285 g/mol. The maximum atomic E-state index is 11.9. The number of amides is 1. The zero-order valence-corrected chi connectivity index (χ0v) is 12.3. The Morgan fingerprint density at radius 3 is 2.95 bits per heavy atom. The second kappa shape index (κ2) is 5.29. The van der Waals surface area contributed by atoms with Gasteiger partial charge in [-0.15, -0.1) is 0 Å². The van der Waals surface area contributed by atoms with Crippen LogP contribution in [0.4, 0.5) is 0 Å². The zero-order valence-electron chi connectivity index (χ0n) is 12.3. The van der Waals surface area contributed by atoms with Crippen molar-refractivity contribution in [1.29, 1.82) is 0 Å². The molecule has 0 unspecified atom stereocenters. The van der Waals surface area contributed by atoms with Gasteiger partial charge in [0.2, 0.25) is 0 Å². The summed E-state index contributed by atoms with van der Waals surface area (Å²) >= 11 is 0. The van der Waals surface area contributed by atoms with Crippen molar-refractivity contribution >= 4 is 5.91 Å². The Kier molecular flexibility index (Phi) is 3.47. The topological polar surface area (TPSA) is 77.0 Å². The van der Waals surface area contributed by atoms with Gasteiger partial charge in [0, 0.05) is 38.1 Å². The number of hydrogen-bond acceptors (Lipinski definition) is 4. The summed E-state index contributed by atoms with van der Waals surface area (Å²) in [7, 11) is 3.42. The number of rotatable bonds is 3. The lowest BCUT2D eigenvalue weighted by molar-refractivity contribution is 0.0821. The largest absolute Gasteiger partial charge is 0.343 e. The molecule has 2 N–H and O–H groups in total. The van der Waals surface area contributed by atoms with Crippen molar-refractivity contribution in [3.05, 3.63) is 40.8 Å². The fourth-order valence-electron chi connectivity index (χ4n) is 2.64. The Labute approximate surface area is 123 Å². The molecule has 6 heteroatoms. The third-order valence-electron chi connectivity index (χ3n) is 3.76. The van der Waals surface area contributed by atoms with E-state index in [1.165, 1.54) is 10.5 Å². The fourth-order valence-corrected chi connectivity index (χ4v) is 2.64. The normalized spacial score (nSPS) is 13.3. The Morgan fingerprint density at radius 1 is 1.43 bits per heavy atom. The minimum absolute atomic E-state index is 0.121. The molecular formula is C15H19N5O. The predicted molar refractivity (Wildman–Crippen MR) is 79.3 cm³/mol. The summed E-state index contributed by atoms with van der Waals surface area (Å²) in [4.78, 5) is 18.1. The molecule has 2 aromatic heterocycles. The van der Waals surface area contributed by atoms with E-state index in [0.29, 0.717) is 12.2 Å². The van der Waals surface area contributed by atoms with E-state index in [0.717, 1.165) is 36.3 Å². The molecule has 0 saturated carbocycles. The second-order valence-corrected chi connectivity index (χ2v) is 5.48. The van der Waals surface area contributed by atoms with Gasteiger partial charge in [0.05, 0.1) is 0 Å². The summed E-state index contributed by atoms with van der Waals surface area (Å²) in [5.41, 5.74) is 9.62. The van der Waals surface area contributed by atoms with Crippen molar-refractivity contribution < 1.29 is 4.79 Å². The number of nitrogens with zero attached hydrogens (tertiary/aromatic N) is 4. The van der Waals surface area contributed by atoms with Crippen molar-refractivity contribution in [2.45, 2.75) is 25.8 Å². The van der Waals surface area contributed by atoms with Gasteiger partial charge in [0.25, 0.3) is 5.91 Å². The Balaban J connectivity index is 2.02. The minimum Gasteiger partial charge on any atom is -0.343 e. The third kappa shape index (κ3) is 2.42. The molecule has 6 nitrogen and oxygen atoms in total. The molecule has 1 aliphatic rings. The Morgan fingerprint density at radius 2 is 2.24 bits per heavy atom. The number of aryl methyl sites for hydroxylation is 2. The summed E-state index contributed by atoms with van der Waals surface area (Å²) in [5, 5.41) is 4.34. The molecule has 0 radical (unpaired) electrons. The van der Waals surface area contributed by atoms with Crippen molar-refractivity contribution in [3.63, 3.8) is 0 Å². The van der Waals surface area contributed by atoms with Gasteiger partial charge in [-0.2, -0.15) is 5.10 Å². The highest BCUT2D eigenvalue weighted by molar-refractivity contribution is 5.91. The molecule has 3 rings (SSSR count). The van der Waals surface area contributed by atoms with Crippen LogP contribution in [0.1, 0.15) is 33.7 Å². The number of pyridine rings is 1. The molecule has 110 valence electrons. The zero-order chi connectivity index (χ0) is 15.0. The van der Waals surface area contributed by atoms with E-state index < -0.39 is 0 Å². The lowest BCUT2D eigenvalue weighted by Gasteiger charge is -2.10. The first-order chi connectivity index (χ1) is 10.1. The summed E-state index contributed by atoms with van der Waals surface area (Å²) in [6, 6.07) is 3.83. The first-order valence-corrected chi connectivity index (χ1v) is 7.09. The van der Waals surface area contributed by atoms with Crippen LogP contribution in [0.15, 0.2) is 18.3 Å². The molecular weight excluding hydrogens is 266 g/mol. The van der Waals surface area contributed by atoms with Gasteiger partial charge in [-0.05, 0) is 37.0 Å². The van der Waals surface area contributed by atoms with E-state index >= 15 is 0 Å². The van der Waals surface area contributed by atoms with E-state index in [9.17, 15) is 4.79 Å². The van der Waals surface area contributed by atoms with Crippen LogP contribution in [0, 0.1) is 0 Å². The van der Waals surface area contributed by atoms with Gasteiger partial charge < -0.3 is 10.6 Å². The lowest BCUT2D eigenvalue weighted by Crippen LogP contribution is -2.22. The molecule has 0 aliphatic heterocycles. The highest BCUT2D eigenvalue weighted by Crippen LogP contribution is 2.24. The molecule has 2 aromatic rings. The van der Waals surface area contributed by atoms with Gasteiger partial charge in [-0.3, -0.25) is 4.79 Å². The summed E-state index contributed by atoms with van der Waals surface area (Å²) in [6.07, 6.45) is 4.97. The van der Waals surface area contributed by atoms with E-state index in [2.05, 4.69) is 11.2 Å². The third-order valence-corrected chi connectivity index (χ3v) is 3.76. The highest BCUT2D eigenvalue weighted by Gasteiger charge is 2.18. The molecule has 0 fully saturated rings. The van der Waals surface area contributed by atoms with Crippen molar-refractivity contribution in [2.75, 3.05) is 14.1 Å². The number of nitrogens with two attached hydrogens (primary N) is 1. The smallest absolute Gasteiger partial charge is 0.273 e. The van der Waals surface area contributed by atoms with Gasteiger partial charge in [0.15, 0.2) is 11.5 Å². The minimum atomic E-state index is -0.121. The van der Waals surface area contributed by atoms with Crippen LogP contribution < -0.4 is 5.73 Å². The maximum absolute atomic E-state index is 11.9. The van der Waals surface area contributed by atoms with Gasteiger partial charge in [-0.25, -0.2) is 9.67 Å². The van der Waals surface area contributed by atoms with Crippen LogP contribution in [-0.2, 0) is 19.4 Å². The summed E-state index contributed by atoms with van der Waals surface area (Å²) in [5.74, 6) is 0.611. The second-order valence-electron chi connectivity index (χ2n) is 5.48. The van der Waals surface area contributed by atoms with Gasteiger partial charge in [0.1, 0.15) is 0 Å². The van der Waals surface area contributed by atoms with Crippen LogP contribution in [0.3, 0.4) is 0 Å². The van der Waals surface area contributed by atoms with E-state index in [-0.39, 0.29) is 5.91 Å². The first kappa shape index (κ1) is 13.8. The van der Waals surface area contributed by atoms with Crippen LogP contribution in [0.5, 0.6) is 0 Å². The Hall–Kier alpha value is -2.21. The maximum Gasteiger partial charge on any atom is 0.273 e. The molecule has 0 atom stereocenters. The van der Waals surface area contributed by atoms with Gasteiger partial charge in [-0.1, -0.05) is 0 Å². The Bertz CT molecular complexity index is 689. The first-order valence-electron chi connectivity index (χ1n) is 7.09. The summed E-state index contributed by atoms with van der Waals surface area (Å²) < 4.78 is 1.65. The molecule has 0 saturated heterocycles. The number of fused-ring (bicyclic) bond motifs is 1. The molecule has 21 heavy (non-hydrogen) atoms. The molecule has 0 spiro atoms. The lowest BCUT2D eigenvalue weighted by atomic mass is 10.1. The van der Waals surface area contributed by atoms with E-state index in [4.69, 9.17) is 10.7 Å². The molecule has 0 bridgehead atoms. The highest BCUT2D eigenvalue weighted by atomic mass is 16.2. The standard InChI is InChI=1S/C15H19N5O/c1-19(2)15(21)13-6-7-20(18-13)14-11(9-16)8-10-4-3-5-12(10)17-14/h6-8H,3-5,9,16H2,1-2H3. The molecule has 1 aliphatic carbocycles. The number of carbonyl (C=O) groups is 1.